The van der Waals surface area contributed by atoms with Crippen molar-refractivity contribution in [2.24, 2.45) is 0 Å². The van der Waals surface area contributed by atoms with Gasteiger partial charge in [0.25, 0.3) is 5.56 Å². The number of aromatic nitrogens is 1. The van der Waals surface area contributed by atoms with Gasteiger partial charge in [-0.05, 0) is 25.8 Å². The van der Waals surface area contributed by atoms with E-state index in [0.717, 1.165) is 5.69 Å². The number of nitrogens with zero attached hydrogens (tertiary/aromatic N) is 2. The van der Waals surface area contributed by atoms with E-state index in [1.807, 2.05) is 26.0 Å². The highest BCUT2D eigenvalue weighted by molar-refractivity contribution is 5.21. The fraction of sp³-hybridized carbons (Fsp3) is 0.538. The zero-order chi connectivity index (χ0) is 12.3. The summed E-state index contributed by atoms with van der Waals surface area (Å²) in [5.41, 5.74) is 1.59. The van der Waals surface area contributed by atoms with E-state index >= 15 is 0 Å². The molecule has 86 valence electrons. The molecular formula is C13H18N2O. The molecule has 3 heteroatoms. The summed E-state index contributed by atoms with van der Waals surface area (Å²) in [4.78, 5) is 12.1. The second-order valence-corrected chi connectivity index (χ2v) is 4.54. The average Bonchev–Trinajstić information content (AvgIpc) is 2.20. The molecule has 0 amide bonds. The molecule has 1 aromatic rings. The SMILES string of the molecule is CC(C)c1ccc(CC#N)c(=O)n1C(C)C. The summed E-state index contributed by atoms with van der Waals surface area (Å²) < 4.78 is 1.79. The number of hydrogen-bond acceptors (Lipinski definition) is 2. The van der Waals surface area contributed by atoms with Crippen molar-refractivity contribution < 1.29 is 0 Å². The molecular weight excluding hydrogens is 200 g/mol. The standard InChI is InChI=1S/C13H18N2O/c1-9(2)12-6-5-11(7-8-14)13(16)15(12)10(3)4/h5-6,9-10H,7H2,1-4H3. The third kappa shape index (κ3) is 2.33. The van der Waals surface area contributed by atoms with Gasteiger partial charge in [-0.1, -0.05) is 19.9 Å². The van der Waals surface area contributed by atoms with Crippen molar-refractivity contribution in [3.05, 3.63) is 33.7 Å². The van der Waals surface area contributed by atoms with Gasteiger partial charge in [-0.3, -0.25) is 4.79 Å². The van der Waals surface area contributed by atoms with E-state index in [1.165, 1.54) is 0 Å². The molecule has 0 aliphatic carbocycles. The van der Waals surface area contributed by atoms with Crippen LogP contribution in [0.3, 0.4) is 0 Å². The fourth-order valence-electron chi connectivity index (χ4n) is 1.83. The highest BCUT2D eigenvalue weighted by Gasteiger charge is 2.13. The summed E-state index contributed by atoms with van der Waals surface area (Å²) in [7, 11) is 0. The molecule has 1 aromatic heterocycles. The minimum atomic E-state index is -0.0252. The molecule has 0 bridgehead atoms. The first-order valence-electron chi connectivity index (χ1n) is 5.60. The van der Waals surface area contributed by atoms with Gasteiger partial charge >= 0.3 is 0 Å². The summed E-state index contributed by atoms with van der Waals surface area (Å²) in [6.07, 6.45) is 0.184. The molecule has 0 atom stereocenters. The van der Waals surface area contributed by atoms with Crippen LogP contribution in [0.25, 0.3) is 0 Å². The Balaban J connectivity index is 3.43. The van der Waals surface area contributed by atoms with Crippen LogP contribution in [0.15, 0.2) is 16.9 Å². The molecule has 0 aliphatic rings. The lowest BCUT2D eigenvalue weighted by Gasteiger charge is -2.19. The fourth-order valence-corrected chi connectivity index (χ4v) is 1.83. The summed E-state index contributed by atoms with van der Waals surface area (Å²) >= 11 is 0. The lowest BCUT2D eigenvalue weighted by Crippen LogP contribution is -2.28. The summed E-state index contributed by atoms with van der Waals surface area (Å²) in [6.45, 7) is 8.11. The van der Waals surface area contributed by atoms with E-state index < -0.39 is 0 Å². The number of pyridine rings is 1. The number of nitriles is 1. The van der Waals surface area contributed by atoms with Gasteiger partial charge in [0.15, 0.2) is 0 Å². The number of hydrogen-bond donors (Lipinski definition) is 0. The minimum absolute atomic E-state index is 0.0252. The molecule has 3 nitrogen and oxygen atoms in total. The maximum atomic E-state index is 12.1. The summed E-state index contributed by atoms with van der Waals surface area (Å²) in [5.74, 6) is 0.311. The molecule has 0 radical (unpaired) electrons. The molecule has 0 unspecified atom stereocenters. The third-order valence-electron chi connectivity index (χ3n) is 2.60. The van der Waals surface area contributed by atoms with Crippen LogP contribution in [-0.2, 0) is 6.42 Å². The van der Waals surface area contributed by atoms with E-state index in [1.54, 1.807) is 10.6 Å². The Morgan fingerprint density at radius 1 is 1.31 bits per heavy atom. The predicted molar refractivity (Wildman–Crippen MR) is 64.5 cm³/mol. The van der Waals surface area contributed by atoms with E-state index in [-0.39, 0.29) is 18.0 Å². The molecule has 1 rings (SSSR count). The number of rotatable bonds is 3. The van der Waals surface area contributed by atoms with Crippen LogP contribution in [0.1, 0.15) is 50.9 Å². The Morgan fingerprint density at radius 2 is 1.94 bits per heavy atom. The molecule has 0 saturated carbocycles. The van der Waals surface area contributed by atoms with Gasteiger partial charge in [-0.25, -0.2) is 0 Å². The quantitative estimate of drug-likeness (QED) is 0.782. The highest BCUT2D eigenvalue weighted by atomic mass is 16.1. The van der Waals surface area contributed by atoms with Crippen LogP contribution in [0.2, 0.25) is 0 Å². The van der Waals surface area contributed by atoms with Crippen molar-refractivity contribution in [1.29, 1.82) is 5.26 Å². The van der Waals surface area contributed by atoms with Crippen molar-refractivity contribution in [3.63, 3.8) is 0 Å². The molecule has 0 fully saturated rings. The van der Waals surface area contributed by atoms with Crippen molar-refractivity contribution in [1.82, 2.24) is 4.57 Å². The Hall–Kier alpha value is -1.56. The van der Waals surface area contributed by atoms with Gasteiger partial charge in [-0.15, -0.1) is 0 Å². The summed E-state index contributed by atoms with van der Waals surface area (Å²) in [5, 5.41) is 8.65. The molecule has 0 spiro atoms. The lowest BCUT2D eigenvalue weighted by molar-refractivity contribution is 0.531. The Bertz CT molecular complexity index is 464. The lowest BCUT2D eigenvalue weighted by atomic mass is 10.1. The Kier molecular flexibility index (Phi) is 3.89. The largest absolute Gasteiger partial charge is 0.310 e. The van der Waals surface area contributed by atoms with E-state index in [4.69, 9.17) is 5.26 Å². The van der Waals surface area contributed by atoms with E-state index in [0.29, 0.717) is 11.5 Å². The second kappa shape index (κ2) is 4.98. The zero-order valence-corrected chi connectivity index (χ0v) is 10.3. The van der Waals surface area contributed by atoms with Crippen LogP contribution in [0.5, 0.6) is 0 Å². The zero-order valence-electron chi connectivity index (χ0n) is 10.3. The topological polar surface area (TPSA) is 45.8 Å². The normalized spacial score (nSPS) is 10.8. The third-order valence-corrected chi connectivity index (χ3v) is 2.60. The molecule has 0 aromatic carbocycles. The Morgan fingerprint density at radius 3 is 2.38 bits per heavy atom. The minimum Gasteiger partial charge on any atom is -0.310 e. The van der Waals surface area contributed by atoms with Gasteiger partial charge in [0.05, 0.1) is 12.5 Å². The van der Waals surface area contributed by atoms with Crippen molar-refractivity contribution in [3.8, 4) is 6.07 Å². The molecule has 0 aliphatic heterocycles. The van der Waals surface area contributed by atoms with Crippen LogP contribution in [-0.4, -0.2) is 4.57 Å². The first kappa shape index (κ1) is 12.5. The van der Waals surface area contributed by atoms with Crippen LogP contribution >= 0.6 is 0 Å². The van der Waals surface area contributed by atoms with Gasteiger partial charge < -0.3 is 4.57 Å². The first-order valence-corrected chi connectivity index (χ1v) is 5.60. The van der Waals surface area contributed by atoms with Gasteiger partial charge in [-0.2, -0.15) is 5.26 Å². The van der Waals surface area contributed by atoms with Gasteiger partial charge in [0.1, 0.15) is 0 Å². The first-order chi connectivity index (χ1) is 7.49. The molecule has 1 heterocycles. The Labute approximate surface area is 96.3 Å². The van der Waals surface area contributed by atoms with Crippen molar-refractivity contribution in [2.75, 3.05) is 0 Å². The van der Waals surface area contributed by atoms with Crippen LogP contribution in [0, 0.1) is 11.3 Å². The van der Waals surface area contributed by atoms with Crippen LogP contribution in [0.4, 0.5) is 0 Å². The maximum absolute atomic E-state index is 12.1. The maximum Gasteiger partial charge on any atom is 0.255 e. The summed E-state index contributed by atoms with van der Waals surface area (Å²) in [6, 6.07) is 5.89. The second-order valence-electron chi connectivity index (χ2n) is 4.54. The van der Waals surface area contributed by atoms with Gasteiger partial charge in [0, 0.05) is 17.3 Å². The monoisotopic (exact) mass is 218 g/mol. The smallest absolute Gasteiger partial charge is 0.255 e. The van der Waals surface area contributed by atoms with Crippen molar-refractivity contribution in [2.45, 2.75) is 46.1 Å². The molecule has 0 saturated heterocycles. The van der Waals surface area contributed by atoms with Crippen molar-refractivity contribution >= 4 is 0 Å². The van der Waals surface area contributed by atoms with Crippen LogP contribution < -0.4 is 5.56 Å². The van der Waals surface area contributed by atoms with E-state index in [9.17, 15) is 4.79 Å². The van der Waals surface area contributed by atoms with E-state index in [2.05, 4.69) is 13.8 Å². The average molecular weight is 218 g/mol. The molecule has 0 N–H and O–H groups in total. The highest BCUT2D eigenvalue weighted by Crippen LogP contribution is 2.16. The molecule has 16 heavy (non-hydrogen) atoms. The van der Waals surface area contributed by atoms with Gasteiger partial charge in [0.2, 0.25) is 0 Å². The predicted octanol–water partition coefficient (Wildman–Crippen LogP) is 2.62.